The molecule has 1 aromatic rings. The molecule has 2 unspecified atom stereocenters. The smallest absolute Gasteiger partial charge is 0.204 e. The monoisotopic (exact) mass is 239 g/mol. The fourth-order valence-electron chi connectivity index (χ4n) is 3.05. The zero-order chi connectivity index (χ0) is 11.0. The molecule has 0 radical (unpaired) electrons. The molecule has 1 aromatic heterocycles. The minimum atomic E-state index is -0.389. The van der Waals surface area contributed by atoms with E-state index in [1.165, 1.54) is 24.4 Å². The van der Waals surface area contributed by atoms with Crippen LogP contribution in [0.15, 0.2) is 6.33 Å². The van der Waals surface area contributed by atoms with E-state index < -0.39 is 0 Å². The van der Waals surface area contributed by atoms with Crippen molar-refractivity contribution in [2.24, 2.45) is 5.92 Å². The topological polar surface area (TPSA) is 49.2 Å². The molecule has 4 nitrogen and oxygen atoms in total. The van der Waals surface area contributed by atoms with Crippen LogP contribution in [0, 0.1) is 5.92 Å². The van der Waals surface area contributed by atoms with E-state index in [-0.39, 0.29) is 5.60 Å². The molecule has 88 valence electrons. The first kappa shape index (κ1) is 10.5. The predicted octanol–water partition coefficient (Wildman–Crippen LogP) is 1.67. The van der Waals surface area contributed by atoms with Crippen LogP contribution < -0.4 is 4.90 Å². The summed E-state index contributed by atoms with van der Waals surface area (Å²) in [7, 11) is 0. The average molecular weight is 239 g/mol. The molecule has 2 aliphatic rings. The van der Waals surface area contributed by atoms with Crippen LogP contribution in [-0.2, 0) is 0 Å². The lowest BCUT2D eigenvalue weighted by molar-refractivity contribution is -0.0612. The molecule has 2 atom stereocenters. The van der Waals surface area contributed by atoms with Crippen molar-refractivity contribution in [3.05, 3.63) is 6.33 Å². The Morgan fingerprint density at radius 1 is 1.44 bits per heavy atom. The SMILES string of the molecule is OC12CCCCC1CN(c1ncns1)CC2. The van der Waals surface area contributed by atoms with Crippen LogP contribution in [0.2, 0.25) is 0 Å². The van der Waals surface area contributed by atoms with Crippen LogP contribution in [0.25, 0.3) is 0 Å². The molecule has 1 saturated carbocycles. The van der Waals surface area contributed by atoms with E-state index in [4.69, 9.17) is 0 Å². The van der Waals surface area contributed by atoms with Gasteiger partial charge in [-0.1, -0.05) is 12.8 Å². The highest BCUT2D eigenvalue weighted by Crippen LogP contribution is 2.40. The standard InChI is InChI=1S/C11H17N3OS/c15-11-4-2-1-3-9(11)7-14(6-5-11)10-12-8-13-16-10/h8-9,15H,1-7H2. The number of piperidine rings is 1. The Balaban J connectivity index is 1.75. The highest BCUT2D eigenvalue weighted by molar-refractivity contribution is 7.09. The third-order valence-electron chi connectivity index (χ3n) is 4.05. The summed E-state index contributed by atoms with van der Waals surface area (Å²) in [4.78, 5) is 6.53. The zero-order valence-corrected chi connectivity index (χ0v) is 10.1. The van der Waals surface area contributed by atoms with Crippen molar-refractivity contribution in [1.29, 1.82) is 0 Å². The molecule has 0 amide bonds. The van der Waals surface area contributed by atoms with Crippen LogP contribution in [0.5, 0.6) is 0 Å². The fourth-order valence-corrected chi connectivity index (χ4v) is 3.62. The average Bonchev–Trinajstić information content (AvgIpc) is 2.81. The first-order valence-corrected chi connectivity index (χ1v) is 6.79. The van der Waals surface area contributed by atoms with Gasteiger partial charge in [-0.2, -0.15) is 4.37 Å². The van der Waals surface area contributed by atoms with E-state index in [1.54, 1.807) is 6.33 Å². The van der Waals surface area contributed by atoms with Gasteiger partial charge in [0.05, 0.1) is 5.60 Å². The minimum Gasteiger partial charge on any atom is -0.389 e. The van der Waals surface area contributed by atoms with Gasteiger partial charge < -0.3 is 10.0 Å². The normalized spacial score (nSPS) is 34.8. The molecule has 0 aromatic carbocycles. The van der Waals surface area contributed by atoms with E-state index >= 15 is 0 Å². The molecule has 0 spiro atoms. The molecular weight excluding hydrogens is 222 g/mol. The fraction of sp³-hybridized carbons (Fsp3) is 0.818. The van der Waals surface area contributed by atoms with E-state index in [0.29, 0.717) is 5.92 Å². The maximum Gasteiger partial charge on any atom is 0.204 e. The predicted molar refractivity (Wildman–Crippen MR) is 63.6 cm³/mol. The molecule has 5 heteroatoms. The first-order chi connectivity index (χ1) is 7.78. The number of hydrogen-bond acceptors (Lipinski definition) is 5. The lowest BCUT2D eigenvalue weighted by atomic mass is 9.71. The van der Waals surface area contributed by atoms with Crippen molar-refractivity contribution in [1.82, 2.24) is 9.36 Å². The van der Waals surface area contributed by atoms with E-state index in [2.05, 4.69) is 14.3 Å². The van der Waals surface area contributed by atoms with E-state index in [1.807, 2.05) is 0 Å². The summed E-state index contributed by atoms with van der Waals surface area (Å²) in [5, 5.41) is 11.6. The van der Waals surface area contributed by atoms with Gasteiger partial charge in [-0.3, -0.25) is 0 Å². The summed E-state index contributed by atoms with van der Waals surface area (Å²) >= 11 is 1.45. The maximum atomic E-state index is 10.5. The number of aromatic nitrogens is 2. The minimum absolute atomic E-state index is 0.389. The van der Waals surface area contributed by atoms with Crippen LogP contribution >= 0.6 is 11.5 Å². The summed E-state index contributed by atoms with van der Waals surface area (Å²) in [6.45, 7) is 1.87. The van der Waals surface area contributed by atoms with Gasteiger partial charge in [-0.05, 0) is 19.3 Å². The molecule has 2 fully saturated rings. The summed E-state index contributed by atoms with van der Waals surface area (Å²) in [5.74, 6) is 0.430. The number of nitrogens with zero attached hydrogens (tertiary/aromatic N) is 3. The Morgan fingerprint density at radius 3 is 3.19 bits per heavy atom. The quantitative estimate of drug-likeness (QED) is 0.810. The second-order valence-corrected chi connectivity index (χ2v) is 5.72. The Hall–Kier alpha value is -0.680. The van der Waals surface area contributed by atoms with Crippen LogP contribution in [-0.4, -0.2) is 33.2 Å². The molecule has 1 aliphatic carbocycles. The molecule has 16 heavy (non-hydrogen) atoms. The van der Waals surface area contributed by atoms with Crippen molar-refractivity contribution >= 4 is 16.7 Å². The molecule has 1 aliphatic heterocycles. The molecule has 0 bridgehead atoms. The maximum absolute atomic E-state index is 10.5. The van der Waals surface area contributed by atoms with Gasteiger partial charge in [-0.15, -0.1) is 0 Å². The third kappa shape index (κ3) is 1.72. The molecule has 1 N–H and O–H groups in total. The lowest BCUT2D eigenvalue weighted by Gasteiger charge is -2.47. The summed E-state index contributed by atoms with van der Waals surface area (Å²) < 4.78 is 4.05. The van der Waals surface area contributed by atoms with Crippen molar-refractivity contribution in [2.75, 3.05) is 18.0 Å². The Kier molecular flexibility index (Phi) is 2.59. The number of anilines is 1. The van der Waals surface area contributed by atoms with Gasteiger partial charge in [0.15, 0.2) is 0 Å². The number of fused-ring (bicyclic) bond motifs is 1. The Bertz CT molecular complexity index is 356. The Morgan fingerprint density at radius 2 is 2.38 bits per heavy atom. The molecule has 2 heterocycles. The first-order valence-electron chi connectivity index (χ1n) is 6.02. The van der Waals surface area contributed by atoms with Gasteiger partial charge in [0.1, 0.15) is 6.33 Å². The van der Waals surface area contributed by atoms with Gasteiger partial charge >= 0.3 is 0 Å². The van der Waals surface area contributed by atoms with E-state index in [0.717, 1.165) is 37.5 Å². The van der Waals surface area contributed by atoms with Crippen molar-refractivity contribution in [3.63, 3.8) is 0 Å². The number of hydrogen-bond donors (Lipinski definition) is 1. The van der Waals surface area contributed by atoms with Crippen LogP contribution in [0.4, 0.5) is 5.13 Å². The largest absolute Gasteiger partial charge is 0.389 e. The van der Waals surface area contributed by atoms with Gasteiger partial charge in [0.2, 0.25) is 5.13 Å². The summed E-state index contributed by atoms with van der Waals surface area (Å²) in [6.07, 6.45) is 7.09. The van der Waals surface area contributed by atoms with E-state index in [9.17, 15) is 5.11 Å². The second kappa shape index (κ2) is 3.96. The lowest BCUT2D eigenvalue weighted by Crippen LogP contribution is -2.53. The highest BCUT2D eigenvalue weighted by atomic mass is 32.1. The molecular formula is C11H17N3OS. The zero-order valence-electron chi connectivity index (χ0n) is 9.30. The number of aliphatic hydroxyl groups is 1. The van der Waals surface area contributed by atoms with Crippen molar-refractivity contribution in [2.45, 2.75) is 37.7 Å². The van der Waals surface area contributed by atoms with Crippen LogP contribution in [0.3, 0.4) is 0 Å². The van der Waals surface area contributed by atoms with Gasteiger partial charge in [0.25, 0.3) is 0 Å². The highest BCUT2D eigenvalue weighted by Gasteiger charge is 2.43. The van der Waals surface area contributed by atoms with Crippen LogP contribution in [0.1, 0.15) is 32.1 Å². The van der Waals surface area contributed by atoms with Crippen molar-refractivity contribution in [3.8, 4) is 0 Å². The Labute approximate surface area is 99.5 Å². The number of rotatable bonds is 1. The summed E-state index contributed by atoms with van der Waals surface area (Å²) in [5.41, 5.74) is -0.389. The van der Waals surface area contributed by atoms with Gasteiger partial charge in [0, 0.05) is 30.5 Å². The summed E-state index contributed by atoms with van der Waals surface area (Å²) in [6, 6.07) is 0. The second-order valence-electron chi connectivity index (χ2n) is 4.97. The van der Waals surface area contributed by atoms with Crippen molar-refractivity contribution < 1.29 is 5.11 Å². The molecule has 3 rings (SSSR count). The molecule has 1 saturated heterocycles. The third-order valence-corrected chi connectivity index (χ3v) is 4.77. The van der Waals surface area contributed by atoms with Gasteiger partial charge in [-0.25, -0.2) is 4.98 Å².